The Morgan fingerprint density at radius 3 is 2.05 bits per heavy atom. The van der Waals surface area contributed by atoms with Gasteiger partial charge in [-0.05, 0) is 0 Å². The summed E-state index contributed by atoms with van der Waals surface area (Å²) in [6.07, 6.45) is -12.0. The van der Waals surface area contributed by atoms with Crippen molar-refractivity contribution in [1.29, 1.82) is 0 Å². The van der Waals surface area contributed by atoms with Gasteiger partial charge < -0.3 is 50.0 Å². The molecule has 22 heavy (non-hydrogen) atoms. The zero-order valence-electron chi connectivity index (χ0n) is 11.7. The molecule has 0 aromatic heterocycles. The molecule has 2 rings (SSSR count). The summed E-state index contributed by atoms with van der Waals surface area (Å²) < 4.78 is 15.6. The van der Waals surface area contributed by atoms with Gasteiger partial charge in [-0.1, -0.05) is 0 Å². The molecule has 0 radical (unpaired) electrons. The number of aliphatic hydroxyl groups is 7. The lowest BCUT2D eigenvalue weighted by Crippen LogP contribution is -2.61. The average molecular weight is 326 g/mol. The molecule has 130 valence electrons. The third kappa shape index (κ3) is 3.57. The predicted octanol–water partition coefficient (Wildman–Crippen LogP) is -4.37. The molecule has 0 bridgehead atoms. The molecule has 0 aliphatic carbocycles. The molecule has 2 heterocycles. The van der Waals surface area contributed by atoms with Gasteiger partial charge in [-0.15, -0.1) is 0 Å². The second-order valence-electron chi connectivity index (χ2n) is 5.41. The van der Waals surface area contributed by atoms with E-state index in [2.05, 4.69) is 0 Å². The van der Waals surface area contributed by atoms with Gasteiger partial charge in [-0.2, -0.15) is 0 Å². The van der Waals surface area contributed by atoms with Crippen LogP contribution in [-0.4, -0.2) is 104 Å². The van der Waals surface area contributed by atoms with Crippen molar-refractivity contribution >= 4 is 0 Å². The molecule has 1 unspecified atom stereocenters. The van der Waals surface area contributed by atoms with Gasteiger partial charge in [-0.3, -0.25) is 0 Å². The summed E-state index contributed by atoms with van der Waals surface area (Å²) in [4.78, 5) is 0. The van der Waals surface area contributed by atoms with Gasteiger partial charge >= 0.3 is 0 Å². The molecule has 10 heteroatoms. The summed E-state index contributed by atoms with van der Waals surface area (Å²) in [7, 11) is 0. The highest BCUT2D eigenvalue weighted by Gasteiger charge is 2.47. The zero-order chi connectivity index (χ0) is 16.4. The minimum absolute atomic E-state index is 0.141. The minimum atomic E-state index is -1.67. The van der Waals surface area contributed by atoms with Crippen LogP contribution in [0.1, 0.15) is 6.42 Å². The van der Waals surface area contributed by atoms with Gasteiger partial charge in [0.25, 0.3) is 0 Å². The molecule has 0 spiro atoms. The lowest BCUT2D eigenvalue weighted by atomic mass is 9.98. The van der Waals surface area contributed by atoms with Crippen molar-refractivity contribution in [2.24, 2.45) is 0 Å². The van der Waals surface area contributed by atoms with Crippen molar-refractivity contribution in [3.63, 3.8) is 0 Å². The minimum Gasteiger partial charge on any atom is -0.394 e. The SMILES string of the molecule is OC[C@H]1O[C@H](O[C@H]2[C@H](O)[C@@H](O)C(O)O[C@@H]2CO)C[C@@H](O)[C@@H]1O. The van der Waals surface area contributed by atoms with Gasteiger partial charge in [-0.25, -0.2) is 0 Å². The van der Waals surface area contributed by atoms with E-state index in [1.807, 2.05) is 0 Å². The maximum absolute atomic E-state index is 9.94. The Hall–Kier alpha value is -0.400. The quantitative estimate of drug-likeness (QED) is 0.268. The molecule has 2 aliphatic heterocycles. The molecule has 0 saturated carbocycles. The van der Waals surface area contributed by atoms with E-state index in [1.54, 1.807) is 0 Å². The standard InChI is InChI=1S/C12H22O10/c13-2-5-8(16)4(15)1-7(20-5)22-11-6(3-14)21-12(19)10(18)9(11)17/h4-19H,1-3H2/t4-,5-,6-,7-,8+,9-,10-,11-,12?/m1/s1. The second kappa shape index (κ2) is 7.45. The number of aliphatic hydroxyl groups excluding tert-OH is 7. The van der Waals surface area contributed by atoms with Crippen LogP contribution in [0, 0.1) is 0 Å². The van der Waals surface area contributed by atoms with Gasteiger partial charge in [0.05, 0.1) is 19.3 Å². The monoisotopic (exact) mass is 326 g/mol. The normalized spacial score (nSPS) is 50.0. The largest absolute Gasteiger partial charge is 0.394 e. The van der Waals surface area contributed by atoms with E-state index in [1.165, 1.54) is 0 Å². The fourth-order valence-electron chi connectivity index (χ4n) is 2.56. The van der Waals surface area contributed by atoms with Gasteiger partial charge in [0.2, 0.25) is 0 Å². The third-order valence-electron chi connectivity index (χ3n) is 3.86. The molecular weight excluding hydrogens is 304 g/mol. The molecule has 7 N–H and O–H groups in total. The summed E-state index contributed by atoms with van der Waals surface area (Å²) in [6, 6.07) is 0. The Morgan fingerprint density at radius 2 is 1.45 bits per heavy atom. The van der Waals surface area contributed by atoms with E-state index in [0.717, 1.165) is 0 Å². The molecule has 0 aromatic carbocycles. The number of ether oxygens (including phenoxy) is 3. The van der Waals surface area contributed by atoms with Crippen molar-refractivity contribution in [2.75, 3.05) is 13.2 Å². The van der Waals surface area contributed by atoms with Crippen molar-refractivity contribution < 1.29 is 50.0 Å². The Bertz CT molecular complexity index is 353. The molecule has 2 saturated heterocycles. The van der Waals surface area contributed by atoms with Gasteiger partial charge in [0.1, 0.15) is 36.6 Å². The smallest absolute Gasteiger partial charge is 0.184 e. The summed E-state index contributed by atoms with van der Waals surface area (Å²) in [5, 5.41) is 66.6. The van der Waals surface area contributed by atoms with E-state index in [0.29, 0.717) is 0 Å². The Morgan fingerprint density at radius 1 is 0.818 bits per heavy atom. The van der Waals surface area contributed by atoms with E-state index in [-0.39, 0.29) is 6.42 Å². The van der Waals surface area contributed by atoms with E-state index in [9.17, 15) is 30.6 Å². The van der Waals surface area contributed by atoms with Crippen molar-refractivity contribution in [3.05, 3.63) is 0 Å². The highest BCUT2D eigenvalue weighted by molar-refractivity contribution is 4.91. The highest BCUT2D eigenvalue weighted by Crippen LogP contribution is 2.28. The molecule has 2 fully saturated rings. The predicted molar refractivity (Wildman–Crippen MR) is 67.2 cm³/mol. The van der Waals surface area contributed by atoms with Crippen LogP contribution in [0.15, 0.2) is 0 Å². The average Bonchev–Trinajstić information content (AvgIpc) is 2.50. The lowest BCUT2D eigenvalue weighted by Gasteiger charge is -2.43. The fraction of sp³-hybridized carbons (Fsp3) is 1.00. The summed E-state index contributed by atoms with van der Waals surface area (Å²) in [5.41, 5.74) is 0. The number of hydrogen-bond donors (Lipinski definition) is 7. The van der Waals surface area contributed by atoms with E-state index in [4.69, 9.17) is 19.3 Å². The maximum atomic E-state index is 9.94. The molecule has 0 aromatic rings. The maximum Gasteiger partial charge on any atom is 0.184 e. The second-order valence-corrected chi connectivity index (χ2v) is 5.41. The summed E-state index contributed by atoms with van der Waals surface area (Å²) in [6.45, 7) is -1.14. The van der Waals surface area contributed by atoms with Crippen LogP contribution in [0.3, 0.4) is 0 Å². The Balaban J connectivity index is 2.04. The van der Waals surface area contributed by atoms with Crippen LogP contribution in [0.5, 0.6) is 0 Å². The first-order valence-electron chi connectivity index (χ1n) is 6.97. The molecular formula is C12H22O10. The Kier molecular flexibility index (Phi) is 6.07. The first kappa shape index (κ1) is 17.9. The topological polar surface area (TPSA) is 169 Å². The summed E-state index contributed by atoms with van der Waals surface area (Å²) >= 11 is 0. The summed E-state index contributed by atoms with van der Waals surface area (Å²) in [5.74, 6) is 0. The lowest BCUT2D eigenvalue weighted by molar-refractivity contribution is -0.336. The third-order valence-corrected chi connectivity index (χ3v) is 3.86. The Labute approximate surface area is 126 Å². The molecule has 2 aliphatic rings. The first-order valence-corrected chi connectivity index (χ1v) is 6.97. The highest BCUT2D eigenvalue weighted by atomic mass is 16.7. The van der Waals surface area contributed by atoms with Crippen LogP contribution >= 0.6 is 0 Å². The van der Waals surface area contributed by atoms with Crippen LogP contribution in [0.2, 0.25) is 0 Å². The first-order chi connectivity index (χ1) is 10.4. The van der Waals surface area contributed by atoms with Crippen LogP contribution in [0.4, 0.5) is 0 Å². The van der Waals surface area contributed by atoms with Crippen LogP contribution < -0.4 is 0 Å². The molecule has 0 amide bonds. The fourth-order valence-corrected chi connectivity index (χ4v) is 2.56. The number of hydrogen-bond acceptors (Lipinski definition) is 10. The van der Waals surface area contributed by atoms with Crippen LogP contribution in [-0.2, 0) is 14.2 Å². The van der Waals surface area contributed by atoms with Gasteiger partial charge in [0.15, 0.2) is 12.6 Å². The number of rotatable bonds is 4. The van der Waals surface area contributed by atoms with Crippen molar-refractivity contribution in [3.8, 4) is 0 Å². The van der Waals surface area contributed by atoms with E-state index < -0.39 is 68.5 Å². The van der Waals surface area contributed by atoms with Crippen molar-refractivity contribution in [2.45, 2.75) is 61.7 Å². The molecule has 9 atom stereocenters. The van der Waals surface area contributed by atoms with Crippen molar-refractivity contribution in [1.82, 2.24) is 0 Å². The molecule has 10 nitrogen and oxygen atoms in total. The van der Waals surface area contributed by atoms with E-state index >= 15 is 0 Å². The zero-order valence-corrected chi connectivity index (χ0v) is 11.7. The van der Waals surface area contributed by atoms with Crippen LogP contribution in [0.25, 0.3) is 0 Å². The van der Waals surface area contributed by atoms with Gasteiger partial charge in [0, 0.05) is 6.42 Å².